The van der Waals surface area contributed by atoms with E-state index in [-0.39, 0.29) is 29.9 Å². The standard InChI is InChI=1S/C38H37NO13/c1-39-38(49)25-15-16-35(50-20-25)21-36(48,34(46)47)26(17-22-5-3-2-4-6-22)33(51-31(44)13-9-23-7-11-27(40)29(42)18-23)37(35,38)52-32(45)14-10-24-8-12-28(41)30(43)19-24/h2-16,18-19,25-26,33,39-43,48-49H,17,20-21H2,1H3,(H,46,47)/t25-,26-,33-,35+,36-,37-,38-/m1/s1. The summed E-state index contributed by atoms with van der Waals surface area (Å²) in [5.74, 6) is -8.07. The van der Waals surface area contributed by atoms with Crippen molar-refractivity contribution in [2.24, 2.45) is 11.8 Å². The van der Waals surface area contributed by atoms with Gasteiger partial charge in [-0.05, 0) is 66.6 Å². The number of esters is 2. The molecule has 2 heterocycles. The number of phenols is 4. The summed E-state index contributed by atoms with van der Waals surface area (Å²) in [6, 6.07) is 16.0. The lowest BCUT2D eigenvalue weighted by Gasteiger charge is -2.68. The van der Waals surface area contributed by atoms with Gasteiger partial charge in [-0.15, -0.1) is 0 Å². The van der Waals surface area contributed by atoms with Crippen LogP contribution in [0.3, 0.4) is 0 Å². The Kier molecular flexibility index (Phi) is 9.36. The third-order valence-corrected chi connectivity index (χ3v) is 10.1. The second-order valence-corrected chi connectivity index (χ2v) is 13.1. The number of carboxylic acid groups (broad SMARTS) is 1. The average molecular weight is 716 g/mol. The summed E-state index contributed by atoms with van der Waals surface area (Å²) in [5.41, 5.74) is -8.43. The van der Waals surface area contributed by atoms with Gasteiger partial charge in [-0.2, -0.15) is 0 Å². The zero-order valence-corrected chi connectivity index (χ0v) is 27.7. The molecule has 7 rings (SSSR count). The number of aliphatic hydroxyl groups is 2. The third-order valence-electron chi connectivity index (χ3n) is 10.1. The maximum absolute atomic E-state index is 13.9. The highest BCUT2D eigenvalue weighted by Crippen LogP contribution is 2.62. The molecule has 8 N–H and O–H groups in total. The molecule has 1 spiro atoms. The van der Waals surface area contributed by atoms with Gasteiger partial charge in [0.15, 0.2) is 40.4 Å². The number of aromatic hydroxyl groups is 4. The molecular weight excluding hydrogens is 678 g/mol. The van der Waals surface area contributed by atoms with Crippen LogP contribution >= 0.6 is 0 Å². The number of fused-ring (bicyclic) bond motifs is 1. The van der Waals surface area contributed by atoms with Gasteiger partial charge in [-0.1, -0.05) is 54.6 Å². The Balaban J connectivity index is 1.52. The molecule has 3 aromatic rings. The predicted molar refractivity (Wildman–Crippen MR) is 182 cm³/mol. The van der Waals surface area contributed by atoms with Crippen molar-refractivity contribution < 1.29 is 64.3 Å². The summed E-state index contributed by atoms with van der Waals surface area (Å²) in [6.45, 7) is -0.195. The van der Waals surface area contributed by atoms with Crippen LogP contribution in [-0.2, 0) is 35.0 Å². The predicted octanol–water partition coefficient (Wildman–Crippen LogP) is 2.37. The van der Waals surface area contributed by atoms with E-state index < -0.39 is 82.0 Å². The minimum Gasteiger partial charge on any atom is -0.504 e. The molecule has 0 unspecified atom stereocenters. The zero-order valence-electron chi connectivity index (χ0n) is 27.7. The Morgan fingerprint density at radius 3 is 1.98 bits per heavy atom. The van der Waals surface area contributed by atoms with Gasteiger partial charge >= 0.3 is 17.9 Å². The Morgan fingerprint density at radius 1 is 0.865 bits per heavy atom. The fourth-order valence-electron chi connectivity index (χ4n) is 7.58. The molecule has 0 aromatic heterocycles. The van der Waals surface area contributed by atoms with Crippen LogP contribution in [0.2, 0.25) is 0 Å². The second-order valence-electron chi connectivity index (χ2n) is 13.1. The topological polar surface area (TPSA) is 233 Å². The van der Waals surface area contributed by atoms with E-state index in [9.17, 15) is 50.1 Å². The van der Waals surface area contributed by atoms with Crippen LogP contribution < -0.4 is 5.32 Å². The molecule has 2 bridgehead atoms. The van der Waals surface area contributed by atoms with Crippen molar-refractivity contribution in [1.29, 1.82) is 0 Å². The first-order valence-electron chi connectivity index (χ1n) is 16.3. The highest BCUT2D eigenvalue weighted by atomic mass is 16.6. The number of hydrogen-bond acceptors (Lipinski definition) is 13. The molecule has 14 nitrogen and oxygen atoms in total. The molecule has 52 heavy (non-hydrogen) atoms. The fourth-order valence-corrected chi connectivity index (χ4v) is 7.58. The second kappa shape index (κ2) is 13.5. The number of benzene rings is 3. The van der Waals surface area contributed by atoms with Crippen LogP contribution in [0.1, 0.15) is 23.1 Å². The minimum absolute atomic E-state index is 0.195. The van der Waals surface area contributed by atoms with Gasteiger partial charge in [-0.25, -0.2) is 14.4 Å². The van der Waals surface area contributed by atoms with E-state index in [1.54, 1.807) is 36.4 Å². The Hall–Kier alpha value is -5.67. The highest BCUT2D eigenvalue weighted by Gasteiger charge is 2.83. The lowest BCUT2D eigenvalue weighted by atomic mass is 9.50. The molecular formula is C38H37NO13. The number of likely N-dealkylation sites (N-methyl/N-ethyl adjacent to an activating group) is 1. The molecule has 2 aliphatic carbocycles. The Labute approximate surface area is 297 Å². The van der Waals surface area contributed by atoms with Gasteiger partial charge in [-0.3, -0.25) is 5.32 Å². The monoisotopic (exact) mass is 715 g/mol. The van der Waals surface area contributed by atoms with E-state index in [1.165, 1.54) is 61.7 Å². The summed E-state index contributed by atoms with van der Waals surface area (Å²) in [6.07, 6.45) is 4.50. The first kappa shape index (κ1) is 36.1. The number of carbonyl (C=O) groups is 3. The number of nitrogens with one attached hydrogen (secondary N) is 1. The van der Waals surface area contributed by atoms with Crippen LogP contribution in [0.25, 0.3) is 12.2 Å². The number of phenolic OH excluding ortho intramolecular Hbond substituents is 4. The van der Waals surface area contributed by atoms with Crippen LogP contribution in [-0.4, -0.2) is 95.9 Å². The van der Waals surface area contributed by atoms with Crippen LogP contribution in [0, 0.1) is 11.8 Å². The van der Waals surface area contributed by atoms with Gasteiger partial charge in [0.25, 0.3) is 0 Å². The average Bonchev–Trinajstić information content (AvgIpc) is 3.12. The highest BCUT2D eigenvalue weighted by molar-refractivity contribution is 5.89. The van der Waals surface area contributed by atoms with Crippen LogP contribution in [0.5, 0.6) is 23.0 Å². The van der Waals surface area contributed by atoms with E-state index in [1.807, 2.05) is 0 Å². The van der Waals surface area contributed by atoms with Crippen molar-refractivity contribution in [2.45, 2.75) is 41.5 Å². The molecule has 4 aliphatic rings. The number of rotatable bonds is 10. The molecule has 0 radical (unpaired) electrons. The van der Waals surface area contributed by atoms with Crippen molar-refractivity contribution in [3.05, 3.63) is 108 Å². The lowest BCUT2D eigenvalue weighted by Crippen LogP contribution is -2.90. The van der Waals surface area contributed by atoms with Crippen LogP contribution in [0.15, 0.2) is 91.0 Å². The van der Waals surface area contributed by atoms with Gasteiger partial charge in [0.1, 0.15) is 5.60 Å². The van der Waals surface area contributed by atoms with Crippen LogP contribution in [0.4, 0.5) is 0 Å². The molecule has 1 saturated heterocycles. The number of carboxylic acids is 1. The molecule has 2 fully saturated rings. The van der Waals surface area contributed by atoms with E-state index in [0.29, 0.717) is 5.56 Å². The van der Waals surface area contributed by atoms with Crippen molar-refractivity contribution in [3.63, 3.8) is 0 Å². The summed E-state index contributed by atoms with van der Waals surface area (Å²) in [5, 5.41) is 77.6. The van der Waals surface area contributed by atoms with Gasteiger partial charge < -0.3 is 50.0 Å². The van der Waals surface area contributed by atoms with Crippen molar-refractivity contribution in [1.82, 2.24) is 5.32 Å². The van der Waals surface area contributed by atoms with E-state index >= 15 is 0 Å². The normalized spacial score (nSPS) is 30.6. The van der Waals surface area contributed by atoms with Crippen molar-refractivity contribution >= 4 is 30.1 Å². The largest absolute Gasteiger partial charge is 0.504 e. The van der Waals surface area contributed by atoms with E-state index in [2.05, 4.69) is 5.32 Å². The molecule has 2 aliphatic heterocycles. The van der Waals surface area contributed by atoms with Gasteiger partial charge in [0.2, 0.25) is 5.60 Å². The molecule has 7 atom stereocenters. The van der Waals surface area contributed by atoms with Crippen molar-refractivity contribution in [3.8, 4) is 23.0 Å². The first-order valence-corrected chi connectivity index (χ1v) is 16.3. The Bertz CT molecular complexity index is 1980. The minimum atomic E-state index is -2.69. The fraction of sp³-hybridized carbons (Fsp3) is 0.289. The number of carbonyl (C=O) groups excluding carboxylic acids is 2. The SMILES string of the molecule is CN[C@@]1(O)[C@@H]2C=C[C@@]3(C[C@](O)(C(=O)O)[C@H](Cc4ccccc4)[C@@H](OC(=O)C=Cc4ccc(O)c(O)c4)[C@]13OC(=O)C=Cc1ccc(O)c(O)c1)OC2. The van der Waals surface area contributed by atoms with Crippen molar-refractivity contribution in [2.75, 3.05) is 13.7 Å². The summed E-state index contributed by atoms with van der Waals surface area (Å²) < 4.78 is 18.6. The lowest BCUT2D eigenvalue weighted by molar-refractivity contribution is -0.377. The summed E-state index contributed by atoms with van der Waals surface area (Å²) in [4.78, 5) is 40.8. The maximum atomic E-state index is 13.9. The Morgan fingerprint density at radius 2 is 1.46 bits per heavy atom. The number of ether oxygens (including phenoxy) is 3. The number of aliphatic carboxylic acids is 1. The van der Waals surface area contributed by atoms with Gasteiger partial charge in [0, 0.05) is 30.4 Å². The molecule has 272 valence electrons. The summed E-state index contributed by atoms with van der Waals surface area (Å²) in [7, 11) is 1.38. The summed E-state index contributed by atoms with van der Waals surface area (Å²) >= 11 is 0. The number of hydrogen-bond donors (Lipinski definition) is 8. The molecule has 3 aromatic carbocycles. The molecule has 0 amide bonds. The maximum Gasteiger partial charge on any atom is 0.336 e. The third kappa shape index (κ3) is 5.94. The van der Waals surface area contributed by atoms with Gasteiger partial charge in [0.05, 0.1) is 6.61 Å². The van der Waals surface area contributed by atoms with E-state index in [0.717, 1.165) is 12.2 Å². The first-order chi connectivity index (χ1) is 24.7. The zero-order chi connectivity index (χ0) is 37.5. The van der Waals surface area contributed by atoms with E-state index in [4.69, 9.17) is 14.2 Å². The molecule has 1 saturated carbocycles. The quantitative estimate of drug-likeness (QED) is 0.0495. The smallest absolute Gasteiger partial charge is 0.336 e. The molecule has 14 heteroatoms.